The Kier molecular flexibility index (Phi) is 10.5. The average Bonchev–Trinajstić information content (AvgIpc) is 2.74. The summed E-state index contributed by atoms with van der Waals surface area (Å²) in [7, 11) is 1.64. The van der Waals surface area contributed by atoms with E-state index in [2.05, 4.69) is 58.5 Å². The quantitative estimate of drug-likeness (QED) is 0.348. The fourth-order valence-electron chi connectivity index (χ4n) is 3.33. The number of methoxy groups -OCH3 is 1. The third-order valence-electron chi connectivity index (χ3n) is 5.10. The minimum Gasteiger partial charge on any atom is -0.383 e. The summed E-state index contributed by atoms with van der Waals surface area (Å²) >= 11 is 0. The van der Waals surface area contributed by atoms with Gasteiger partial charge in [0.2, 0.25) is 5.91 Å². The van der Waals surface area contributed by atoms with Crippen LogP contribution in [0.3, 0.4) is 0 Å². The maximum Gasteiger partial charge on any atom is 0.234 e. The number of rotatable bonds is 10. The third-order valence-corrected chi connectivity index (χ3v) is 5.10. The zero-order valence-electron chi connectivity index (χ0n) is 18.2. The van der Waals surface area contributed by atoms with Gasteiger partial charge >= 0.3 is 0 Å². The standard InChI is InChI=1S/C22H37N5O2/c1-4-19-6-8-20(9-7-19)10-11-25-22(23-5-2)27-15-13-26(14-16-27)18-21(28)24-12-17-29-3/h6-9H,4-5,10-18H2,1-3H3,(H,23,25)(H,24,28). The number of hydrogen-bond donors (Lipinski definition) is 2. The fourth-order valence-corrected chi connectivity index (χ4v) is 3.33. The van der Waals surface area contributed by atoms with Crippen molar-refractivity contribution in [3.05, 3.63) is 35.4 Å². The number of carbonyl (C=O) groups excluding carboxylic acids is 1. The molecule has 1 aliphatic heterocycles. The largest absolute Gasteiger partial charge is 0.383 e. The van der Waals surface area contributed by atoms with Crippen molar-refractivity contribution in [2.45, 2.75) is 26.7 Å². The highest BCUT2D eigenvalue weighted by atomic mass is 16.5. The predicted molar refractivity (Wildman–Crippen MR) is 118 cm³/mol. The van der Waals surface area contributed by atoms with E-state index in [0.717, 1.165) is 58.1 Å². The number of ether oxygens (including phenoxy) is 1. The Labute approximate surface area is 175 Å². The molecular weight excluding hydrogens is 366 g/mol. The number of guanidine groups is 1. The second kappa shape index (κ2) is 13.2. The van der Waals surface area contributed by atoms with E-state index in [0.29, 0.717) is 19.7 Å². The second-order valence-electron chi connectivity index (χ2n) is 7.26. The molecule has 1 amide bonds. The van der Waals surface area contributed by atoms with Crippen LogP contribution in [-0.4, -0.2) is 87.7 Å². The Hall–Kier alpha value is -2.12. The van der Waals surface area contributed by atoms with Gasteiger partial charge in [0.15, 0.2) is 5.96 Å². The van der Waals surface area contributed by atoms with Crippen LogP contribution in [0.2, 0.25) is 0 Å². The first kappa shape index (κ1) is 23.2. The molecule has 7 nitrogen and oxygen atoms in total. The minimum absolute atomic E-state index is 0.0603. The molecule has 1 heterocycles. The minimum atomic E-state index is 0.0603. The van der Waals surface area contributed by atoms with Gasteiger partial charge in [0.1, 0.15) is 0 Å². The van der Waals surface area contributed by atoms with E-state index in [1.165, 1.54) is 11.1 Å². The molecule has 0 atom stereocenters. The SMILES string of the molecule is CCNC(=NCCc1ccc(CC)cc1)N1CCN(CC(=O)NCCOC)CC1. The van der Waals surface area contributed by atoms with Crippen LogP contribution in [-0.2, 0) is 22.4 Å². The fraction of sp³-hybridized carbons (Fsp3) is 0.636. The van der Waals surface area contributed by atoms with E-state index >= 15 is 0 Å². The van der Waals surface area contributed by atoms with Gasteiger partial charge in [-0.25, -0.2) is 0 Å². The van der Waals surface area contributed by atoms with Gasteiger partial charge in [-0.3, -0.25) is 14.7 Å². The molecular formula is C22H37N5O2. The first-order valence-electron chi connectivity index (χ1n) is 10.7. The highest BCUT2D eigenvalue weighted by Gasteiger charge is 2.21. The van der Waals surface area contributed by atoms with Crippen molar-refractivity contribution in [2.24, 2.45) is 4.99 Å². The van der Waals surface area contributed by atoms with E-state index in [1.54, 1.807) is 7.11 Å². The summed E-state index contributed by atoms with van der Waals surface area (Å²) < 4.78 is 4.96. The summed E-state index contributed by atoms with van der Waals surface area (Å²) in [4.78, 5) is 21.3. The number of nitrogens with one attached hydrogen (secondary N) is 2. The smallest absolute Gasteiger partial charge is 0.234 e. The number of aryl methyl sites for hydroxylation is 1. The molecule has 0 bridgehead atoms. The van der Waals surface area contributed by atoms with Crippen molar-refractivity contribution in [1.82, 2.24) is 20.4 Å². The molecule has 1 aromatic carbocycles. The second-order valence-corrected chi connectivity index (χ2v) is 7.26. The molecule has 0 aromatic heterocycles. The monoisotopic (exact) mass is 403 g/mol. The van der Waals surface area contributed by atoms with Crippen molar-refractivity contribution < 1.29 is 9.53 Å². The Morgan fingerprint density at radius 2 is 1.76 bits per heavy atom. The summed E-state index contributed by atoms with van der Waals surface area (Å²) in [5.74, 6) is 1.03. The topological polar surface area (TPSA) is 69.2 Å². The molecule has 0 spiro atoms. The van der Waals surface area contributed by atoms with Crippen LogP contribution < -0.4 is 10.6 Å². The van der Waals surface area contributed by atoms with Crippen LogP contribution in [0.25, 0.3) is 0 Å². The third kappa shape index (κ3) is 8.41. The maximum absolute atomic E-state index is 12.0. The first-order valence-corrected chi connectivity index (χ1v) is 10.7. The zero-order chi connectivity index (χ0) is 20.9. The number of benzene rings is 1. The number of aliphatic imine (C=N–C) groups is 1. The normalized spacial score (nSPS) is 15.4. The molecule has 162 valence electrons. The van der Waals surface area contributed by atoms with E-state index in [1.807, 2.05) is 0 Å². The summed E-state index contributed by atoms with van der Waals surface area (Å²) in [5.41, 5.74) is 2.70. The summed E-state index contributed by atoms with van der Waals surface area (Å²) in [5, 5.41) is 6.29. The number of carbonyl (C=O) groups is 1. The van der Waals surface area contributed by atoms with Gasteiger partial charge in [0.25, 0.3) is 0 Å². The van der Waals surface area contributed by atoms with E-state index in [-0.39, 0.29) is 5.91 Å². The Balaban J connectivity index is 1.78. The maximum atomic E-state index is 12.0. The molecule has 2 rings (SSSR count). The van der Waals surface area contributed by atoms with Crippen molar-refractivity contribution in [1.29, 1.82) is 0 Å². The van der Waals surface area contributed by atoms with Gasteiger partial charge < -0.3 is 20.3 Å². The highest BCUT2D eigenvalue weighted by Crippen LogP contribution is 2.07. The molecule has 7 heteroatoms. The summed E-state index contributed by atoms with van der Waals surface area (Å²) in [6.07, 6.45) is 2.02. The Morgan fingerprint density at radius 3 is 2.38 bits per heavy atom. The van der Waals surface area contributed by atoms with Crippen molar-refractivity contribution >= 4 is 11.9 Å². The van der Waals surface area contributed by atoms with Crippen LogP contribution in [0.15, 0.2) is 29.3 Å². The van der Waals surface area contributed by atoms with Gasteiger partial charge in [-0.05, 0) is 30.9 Å². The van der Waals surface area contributed by atoms with Gasteiger partial charge in [-0.1, -0.05) is 31.2 Å². The lowest BCUT2D eigenvalue weighted by atomic mass is 10.1. The molecule has 1 fully saturated rings. The summed E-state index contributed by atoms with van der Waals surface area (Å²) in [6, 6.07) is 8.82. The van der Waals surface area contributed by atoms with Gasteiger partial charge in [-0.2, -0.15) is 0 Å². The predicted octanol–water partition coefficient (Wildman–Crippen LogP) is 1.14. The van der Waals surface area contributed by atoms with Gasteiger partial charge in [0, 0.05) is 52.9 Å². The van der Waals surface area contributed by atoms with Crippen molar-refractivity contribution in [2.75, 3.05) is 66.1 Å². The van der Waals surface area contributed by atoms with Crippen molar-refractivity contribution in [3.8, 4) is 0 Å². The molecule has 1 aliphatic rings. The van der Waals surface area contributed by atoms with E-state index in [9.17, 15) is 4.79 Å². The van der Waals surface area contributed by atoms with Crippen LogP contribution >= 0.6 is 0 Å². The van der Waals surface area contributed by atoms with Crippen LogP contribution in [0, 0.1) is 0 Å². The van der Waals surface area contributed by atoms with Crippen LogP contribution in [0.1, 0.15) is 25.0 Å². The van der Waals surface area contributed by atoms with Gasteiger partial charge in [0.05, 0.1) is 13.2 Å². The molecule has 1 saturated heterocycles. The Morgan fingerprint density at radius 1 is 1.07 bits per heavy atom. The van der Waals surface area contributed by atoms with Crippen molar-refractivity contribution in [3.63, 3.8) is 0 Å². The van der Waals surface area contributed by atoms with Crippen LogP contribution in [0.5, 0.6) is 0 Å². The van der Waals surface area contributed by atoms with Gasteiger partial charge in [-0.15, -0.1) is 0 Å². The lowest BCUT2D eigenvalue weighted by Crippen LogP contribution is -2.54. The number of hydrogen-bond acceptors (Lipinski definition) is 4. The lowest BCUT2D eigenvalue weighted by molar-refractivity contribution is -0.122. The molecule has 0 radical (unpaired) electrons. The zero-order valence-corrected chi connectivity index (χ0v) is 18.2. The summed E-state index contributed by atoms with van der Waals surface area (Å²) in [6.45, 7) is 10.9. The number of amides is 1. The molecule has 2 N–H and O–H groups in total. The molecule has 0 saturated carbocycles. The Bertz CT molecular complexity index is 625. The van der Waals surface area contributed by atoms with E-state index < -0.39 is 0 Å². The average molecular weight is 404 g/mol. The lowest BCUT2D eigenvalue weighted by Gasteiger charge is -2.36. The first-order chi connectivity index (χ1) is 14.2. The number of nitrogens with zero attached hydrogens (tertiary/aromatic N) is 3. The van der Waals surface area contributed by atoms with Crippen LogP contribution in [0.4, 0.5) is 0 Å². The highest BCUT2D eigenvalue weighted by molar-refractivity contribution is 5.80. The van der Waals surface area contributed by atoms with E-state index in [4.69, 9.17) is 9.73 Å². The molecule has 1 aromatic rings. The number of piperazine rings is 1. The molecule has 0 unspecified atom stereocenters. The molecule has 29 heavy (non-hydrogen) atoms. The molecule has 0 aliphatic carbocycles.